The fourth-order valence-electron chi connectivity index (χ4n) is 0.626. The second-order valence-electron chi connectivity index (χ2n) is 1.79. The smallest absolute Gasteiger partial charge is 0.0934 e. The van der Waals surface area contributed by atoms with Gasteiger partial charge in [-0.1, -0.05) is 0 Å². The minimum absolute atomic E-state index is 0.0372. The van der Waals surface area contributed by atoms with E-state index in [4.69, 9.17) is 5.11 Å². The second kappa shape index (κ2) is 4.08. The zero-order chi connectivity index (χ0) is 7.40. The molecule has 0 fully saturated rings. The predicted molar refractivity (Wildman–Crippen MR) is 45.9 cm³/mol. The first-order valence-corrected chi connectivity index (χ1v) is 4.49. The molecule has 0 saturated heterocycles. The van der Waals surface area contributed by atoms with Crippen LogP contribution in [0.4, 0.5) is 0 Å². The summed E-state index contributed by atoms with van der Waals surface area (Å²) < 4.78 is 1.13. The summed E-state index contributed by atoms with van der Waals surface area (Å²) in [4.78, 5) is 1.22. The number of thiophene rings is 1. The van der Waals surface area contributed by atoms with Gasteiger partial charge in [-0.2, -0.15) is 0 Å². The maximum Gasteiger partial charge on any atom is 0.0934 e. The lowest BCUT2D eigenvalue weighted by Crippen LogP contribution is -2.12. The number of nitrogens with one attached hydrogen (secondary N) is 1. The van der Waals surface area contributed by atoms with Gasteiger partial charge in [0.1, 0.15) is 0 Å². The quantitative estimate of drug-likeness (QED) is 0.760. The lowest BCUT2D eigenvalue weighted by molar-refractivity contribution is 0.260. The van der Waals surface area contributed by atoms with Crippen LogP contribution in [0.3, 0.4) is 0 Å². The van der Waals surface area contributed by atoms with Crippen LogP contribution >= 0.6 is 27.3 Å². The van der Waals surface area contributed by atoms with Crippen LogP contribution in [0.15, 0.2) is 15.9 Å². The molecule has 0 aromatic carbocycles. The highest BCUT2D eigenvalue weighted by Gasteiger charge is 1.94. The summed E-state index contributed by atoms with van der Waals surface area (Å²) in [5.41, 5.74) is 0. The normalized spacial score (nSPS) is 10.2. The summed E-state index contributed by atoms with van der Waals surface area (Å²) in [6.45, 7) is 0.780. The van der Waals surface area contributed by atoms with E-state index in [2.05, 4.69) is 21.2 Å². The van der Waals surface area contributed by atoms with Crippen molar-refractivity contribution < 1.29 is 5.11 Å². The Balaban J connectivity index is 2.42. The Labute approximate surface area is 72.0 Å². The van der Waals surface area contributed by atoms with Gasteiger partial charge in [-0.05, 0) is 28.1 Å². The number of hydrogen-bond acceptors (Lipinski definition) is 3. The highest BCUT2D eigenvalue weighted by Crippen LogP contribution is 2.21. The van der Waals surface area contributed by atoms with Crippen molar-refractivity contribution in [3.63, 3.8) is 0 Å². The summed E-state index contributed by atoms with van der Waals surface area (Å²) in [5.74, 6) is 0. The molecule has 1 heterocycles. The van der Waals surface area contributed by atoms with Crippen molar-refractivity contribution in [3.05, 3.63) is 20.8 Å². The third kappa shape index (κ3) is 2.38. The Kier molecular flexibility index (Phi) is 3.34. The topological polar surface area (TPSA) is 32.3 Å². The second-order valence-corrected chi connectivity index (χ2v) is 4.34. The van der Waals surface area contributed by atoms with E-state index in [-0.39, 0.29) is 6.73 Å². The van der Waals surface area contributed by atoms with Crippen LogP contribution in [0.25, 0.3) is 0 Å². The van der Waals surface area contributed by atoms with Crippen molar-refractivity contribution in [1.29, 1.82) is 0 Å². The molecule has 4 heteroatoms. The minimum atomic E-state index is 0.0372. The van der Waals surface area contributed by atoms with Crippen LogP contribution in [0.2, 0.25) is 0 Å². The standard InChI is InChI=1S/C6H8BrNOS/c7-6-2-1-5(10-6)3-8-4-9/h1-2,8-9H,3-4H2. The molecule has 0 spiro atoms. The average Bonchev–Trinajstić information content (AvgIpc) is 2.31. The van der Waals surface area contributed by atoms with E-state index in [1.165, 1.54) is 4.88 Å². The molecule has 0 saturated carbocycles. The van der Waals surface area contributed by atoms with E-state index in [1.807, 2.05) is 12.1 Å². The van der Waals surface area contributed by atoms with Gasteiger partial charge in [-0.25, -0.2) is 0 Å². The molecule has 1 aromatic rings. The van der Waals surface area contributed by atoms with E-state index in [9.17, 15) is 0 Å². The fourth-order valence-corrected chi connectivity index (χ4v) is 2.08. The number of hydrogen-bond donors (Lipinski definition) is 2. The number of rotatable bonds is 3. The maximum absolute atomic E-state index is 8.42. The third-order valence-corrected chi connectivity index (χ3v) is 2.66. The first kappa shape index (κ1) is 8.20. The molecule has 0 radical (unpaired) electrons. The van der Waals surface area contributed by atoms with Crippen LogP contribution in [-0.4, -0.2) is 11.8 Å². The van der Waals surface area contributed by atoms with Gasteiger partial charge in [-0.15, -0.1) is 11.3 Å². The largest absolute Gasteiger partial charge is 0.381 e. The van der Waals surface area contributed by atoms with Crippen LogP contribution in [0.5, 0.6) is 0 Å². The first-order chi connectivity index (χ1) is 4.83. The molecule has 0 bridgehead atoms. The Hall–Kier alpha value is 0.1000. The Morgan fingerprint density at radius 1 is 1.60 bits per heavy atom. The summed E-state index contributed by atoms with van der Waals surface area (Å²) in [6.07, 6.45) is 0. The van der Waals surface area contributed by atoms with Crippen molar-refractivity contribution in [2.24, 2.45) is 0 Å². The van der Waals surface area contributed by atoms with E-state index in [1.54, 1.807) is 11.3 Å². The monoisotopic (exact) mass is 221 g/mol. The predicted octanol–water partition coefficient (Wildman–Crippen LogP) is 1.55. The number of aliphatic hydroxyl groups excluding tert-OH is 1. The van der Waals surface area contributed by atoms with Gasteiger partial charge in [0.05, 0.1) is 10.5 Å². The number of halogens is 1. The molecule has 10 heavy (non-hydrogen) atoms. The molecular weight excluding hydrogens is 214 g/mol. The molecule has 2 nitrogen and oxygen atoms in total. The van der Waals surface area contributed by atoms with Gasteiger partial charge in [-0.3, -0.25) is 5.32 Å². The van der Waals surface area contributed by atoms with Crippen molar-refractivity contribution >= 4 is 27.3 Å². The minimum Gasteiger partial charge on any atom is -0.381 e. The molecule has 0 aliphatic heterocycles. The lowest BCUT2D eigenvalue weighted by Gasteiger charge is -1.94. The average molecular weight is 222 g/mol. The molecule has 1 aromatic heterocycles. The number of aliphatic hydroxyl groups is 1. The van der Waals surface area contributed by atoms with E-state index >= 15 is 0 Å². The zero-order valence-corrected chi connectivity index (χ0v) is 7.70. The van der Waals surface area contributed by atoms with E-state index < -0.39 is 0 Å². The van der Waals surface area contributed by atoms with Gasteiger partial charge < -0.3 is 5.11 Å². The van der Waals surface area contributed by atoms with Crippen LogP contribution in [-0.2, 0) is 6.54 Å². The Morgan fingerprint density at radius 2 is 2.40 bits per heavy atom. The Bertz CT molecular complexity index is 201. The van der Waals surface area contributed by atoms with E-state index in [0.717, 1.165) is 10.3 Å². The van der Waals surface area contributed by atoms with Crippen molar-refractivity contribution in [1.82, 2.24) is 5.32 Å². The molecule has 56 valence electrons. The van der Waals surface area contributed by atoms with Crippen LogP contribution < -0.4 is 5.32 Å². The molecule has 0 aliphatic carbocycles. The van der Waals surface area contributed by atoms with E-state index in [0.29, 0.717) is 0 Å². The molecule has 0 amide bonds. The fraction of sp³-hybridized carbons (Fsp3) is 0.333. The lowest BCUT2D eigenvalue weighted by atomic mass is 10.5. The van der Waals surface area contributed by atoms with Crippen molar-refractivity contribution in [2.75, 3.05) is 6.73 Å². The van der Waals surface area contributed by atoms with Gasteiger partial charge in [0.15, 0.2) is 0 Å². The molecule has 2 N–H and O–H groups in total. The van der Waals surface area contributed by atoms with Crippen molar-refractivity contribution in [2.45, 2.75) is 6.54 Å². The van der Waals surface area contributed by atoms with Gasteiger partial charge in [0, 0.05) is 11.4 Å². The molecule has 0 atom stereocenters. The molecular formula is C6H8BrNOS. The SMILES string of the molecule is OCNCc1ccc(Br)s1. The molecule has 1 rings (SSSR count). The summed E-state index contributed by atoms with van der Waals surface area (Å²) in [6, 6.07) is 4.02. The summed E-state index contributed by atoms with van der Waals surface area (Å²) in [7, 11) is 0. The van der Waals surface area contributed by atoms with Gasteiger partial charge >= 0.3 is 0 Å². The maximum atomic E-state index is 8.42. The van der Waals surface area contributed by atoms with Crippen molar-refractivity contribution in [3.8, 4) is 0 Å². The highest BCUT2D eigenvalue weighted by atomic mass is 79.9. The van der Waals surface area contributed by atoms with Crippen LogP contribution in [0.1, 0.15) is 4.88 Å². The highest BCUT2D eigenvalue weighted by molar-refractivity contribution is 9.11. The molecule has 0 aliphatic rings. The molecule has 0 unspecified atom stereocenters. The Morgan fingerprint density at radius 3 is 2.90 bits per heavy atom. The zero-order valence-electron chi connectivity index (χ0n) is 5.30. The van der Waals surface area contributed by atoms with Gasteiger partial charge in [0.2, 0.25) is 0 Å². The summed E-state index contributed by atoms with van der Waals surface area (Å²) >= 11 is 5.02. The third-order valence-electron chi connectivity index (χ3n) is 1.04. The van der Waals surface area contributed by atoms with Gasteiger partial charge in [0.25, 0.3) is 0 Å². The van der Waals surface area contributed by atoms with Crippen LogP contribution in [0, 0.1) is 0 Å². The first-order valence-electron chi connectivity index (χ1n) is 2.88. The summed E-state index contributed by atoms with van der Waals surface area (Å²) in [5, 5.41) is 11.2.